The van der Waals surface area contributed by atoms with Crippen molar-refractivity contribution in [2.24, 2.45) is 5.92 Å². The number of rotatable bonds is 8. The Balaban J connectivity index is 1.42. The van der Waals surface area contributed by atoms with Gasteiger partial charge in [0.2, 0.25) is 0 Å². The molecule has 1 fully saturated rings. The predicted molar refractivity (Wildman–Crippen MR) is 129 cm³/mol. The van der Waals surface area contributed by atoms with E-state index in [1.54, 1.807) is 54.6 Å². The van der Waals surface area contributed by atoms with Gasteiger partial charge in [0.05, 0.1) is 0 Å². The lowest BCUT2D eigenvalue weighted by molar-refractivity contribution is 0.298. The first-order chi connectivity index (χ1) is 16.5. The summed E-state index contributed by atoms with van der Waals surface area (Å²) in [5.41, 5.74) is 1.65. The number of benzene rings is 3. The summed E-state index contributed by atoms with van der Waals surface area (Å²) in [6, 6.07) is 14.7. The molecule has 0 unspecified atom stereocenters. The Morgan fingerprint density at radius 3 is 2.24 bits per heavy atom. The highest BCUT2D eigenvalue weighted by molar-refractivity contribution is 5.65. The van der Waals surface area contributed by atoms with Crippen molar-refractivity contribution in [3.05, 3.63) is 95.8 Å². The molecule has 0 heterocycles. The van der Waals surface area contributed by atoms with Gasteiger partial charge < -0.3 is 9.47 Å². The molecule has 0 atom stereocenters. The summed E-state index contributed by atoms with van der Waals surface area (Å²) in [7, 11) is 0. The maximum Gasteiger partial charge on any atom is 0.166 e. The van der Waals surface area contributed by atoms with E-state index >= 15 is 0 Å². The minimum Gasteiger partial charge on any atom is -0.489 e. The summed E-state index contributed by atoms with van der Waals surface area (Å²) >= 11 is 0. The third-order valence-corrected chi connectivity index (χ3v) is 6.52. The van der Waals surface area contributed by atoms with E-state index in [0.717, 1.165) is 25.7 Å². The fourth-order valence-corrected chi connectivity index (χ4v) is 4.46. The van der Waals surface area contributed by atoms with Crippen molar-refractivity contribution in [1.29, 1.82) is 0 Å². The van der Waals surface area contributed by atoms with Crippen LogP contribution in [0.3, 0.4) is 0 Å². The molecule has 0 radical (unpaired) electrons. The van der Waals surface area contributed by atoms with Crippen molar-refractivity contribution in [2.45, 2.75) is 45.1 Å². The lowest BCUT2D eigenvalue weighted by Crippen LogP contribution is -2.13. The third-order valence-electron chi connectivity index (χ3n) is 6.52. The predicted octanol–water partition coefficient (Wildman–Crippen LogP) is 8.21. The van der Waals surface area contributed by atoms with Crippen molar-refractivity contribution >= 4 is 0 Å². The van der Waals surface area contributed by atoms with Crippen LogP contribution in [-0.2, 0) is 6.61 Å². The molecule has 0 bridgehead atoms. The van der Waals surface area contributed by atoms with Gasteiger partial charge in [0, 0.05) is 17.2 Å². The fraction of sp³-hybridized carbons (Fsp3) is 0.310. The van der Waals surface area contributed by atoms with Crippen LogP contribution in [0.5, 0.6) is 11.5 Å². The Bertz CT molecular complexity index is 1130. The standard InChI is InChI=1S/C29H29F3O2/c1-3-16-33-24-13-10-22(27(30)17-24)18-34-23-11-8-21(9-12-23)26-15-14-25(28(31)29(26)32)20-6-4-19(2)5-7-20/h3,8-15,17,19-20H,1,4-7,16,18H2,2H3. The number of hydrogen-bond donors (Lipinski definition) is 0. The summed E-state index contributed by atoms with van der Waals surface area (Å²) in [6.07, 6.45) is 5.48. The minimum absolute atomic E-state index is 0.0324. The van der Waals surface area contributed by atoms with Crippen LogP contribution >= 0.6 is 0 Å². The van der Waals surface area contributed by atoms with Crippen LogP contribution in [0.4, 0.5) is 13.2 Å². The van der Waals surface area contributed by atoms with Gasteiger partial charge in [-0.05, 0) is 60.1 Å². The Labute approximate surface area is 199 Å². The van der Waals surface area contributed by atoms with Crippen LogP contribution in [0, 0.1) is 23.4 Å². The zero-order valence-corrected chi connectivity index (χ0v) is 19.3. The van der Waals surface area contributed by atoms with Crippen LogP contribution in [0.15, 0.2) is 67.3 Å². The first-order valence-corrected chi connectivity index (χ1v) is 11.7. The molecule has 3 aromatic carbocycles. The molecule has 1 aliphatic carbocycles. The highest BCUT2D eigenvalue weighted by atomic mass is 19.2. The van der Waals surface area contributed by atoms with Crippen LogP contribution in [0.25, 0.3) is 11.1 Å². The van der Waals surface area contributed by atoms with Crippen molar-refractivity contribution in [3.63, 3.8) is 0 Å². The molecule has 178 valence electrons. The molecule has 0 spiro atoms. The van der Waals surface area contributed by atoms with Gasteiger partial charge in [-0.1, -0.05) is 56.7 Å². The molecule has 0 saturated heterocycles. The van der Waals surface area contributed by atoms with E-state index in [-0.39, 0.29) is 18.1 Å². The molecule has 0 amide bonds. The highest BCUT2D eigenvalue weighted by Crippen LogP contribution is 2.38. The quantitative estimate of drug-likeness (QED) is 0.312. The van der Waals surface area contributed by atoms with Gasteiger partial charge in [-0.3, -0.25) is 0 Å². The van der Waals surface area contributed by atoms with Gasteiger partial charge in [0.1, 0.15) is 30.5 Å². The molecule has 3 aromatic rings. The lowest BCUT2D eigenvalue weighted by atomic mass is 9.79. The SMILES string of the molecule is C=CCOc1ccc(COc2ccc(-c3ccc(C4CCC(C)CC4)c(F)c3F)cc2)c(F)c1. The van der Waals surface area contributed by atoms with Crippen LogP contribution in [-0.4, -0.2) is 6.61 Å². The van der Waals surface area contributed by atoms with Gasteiger partial charge in [0.25, 0.3) is 0 Å². The normalized spacial score (nSPS) is 17.9. The molecule has 2 nitrogen and oxygen atoms in total. The van der Waals surface area contributed by atoms with Crippen LogP contribution in [0.1, 0.15) is 49.7 Å². The summed E-state index contributed by atoms with van der Waals surface area (Å²) in [5.74, 6) is -0.329. The van der Waals surface area contributed by atoms with Gasteiger partial charge in [-0.15, -0.1) is 0 Å². The van der Waals surface area contributed by atoms with E-state index in [1.807, 2.05) is 0 Å². The van der Waals surface area contributed by atoms with E-state index in [2.05, 4.69) is 13.5 Å². The van der Waals surface area contributed by atoms with Crippen LogP contribution in [0.2, 0.25) is 0 Å². The molecule has 5 heteroatoms. The number of hydrogen-bond acceptors (Lipinski definition) is 2. The second-order valence-corrected chi connectivity index (χ2v) is 8.95. The molecule has 0 aliphatic heterocycles. The van der Waals surface area contributed by atoms with E-state index in [1.165, 1.54) is 6.07 Å². The smallest absolute Gasteiger partial charge is 0.166 e. The molecule has 4 rings (SSSR count). The zero-order valence-electron chi connectivity index (χ0n) is 19.3. The van der Waals surface area contributed by atoms with Crippen molar-refractivity contribution in [2.75, 3.05) is 6.61 Å². The Kier molecular flexibility index (Phi) is 7.61. The molecule has 0 aromatic heterocycles. The summed E-state index contributed by atoms with van der Waals surface area (Å²) in [5, 5.41) is 0. The van der Waals surface area contributed by atoms with Crippen molar-refractivity contribution in [3.8, 4) is 22.6 Å². The second-order valence-electron chi connectivity index (χ2n) is 8.95. The first kappa shape index (κ1) is 23.9. The van der Waals surface area contributed by atoms with Crippen molar-refractivity contribution < 1.29 is 22.6 Å². The van der Waals surface area contributed by atoms with E-state index in [4.69, 9.17) is 9.47 Å². The first-order valence-electron chi connectivity index (χ1n) is 11.7. The molecular weight excluding hydrogens is 437 g/mol. The van der Waals surface area contributed by atoms with E-state index in [0.29, 0.717) is 40.7 Å². The van der Waals surface area contributed by atoms with Crippen LogP contribution < -0.4 is 9.47 Å². The van der Waals surface area contributed by atoms with Gasteiger partial charge in [-0.25, -0.2) is 13.2 Å². The summed E-state index contributed by atoms with van der Waals surface area (Å²) in [6.45, 7) is 6.10. The zero-order chi connectivity index (χ0) is 24.1. The van der Waals surface area contributed by atoms with Gasteiger partial charge in [0.15, 0.2) is 11.6 Å². The van der Waals surface area contributed by atoms with E-state index in [9.17, 15) is 13.2 Å². The van der Waals surface area contributed by atoms with Gasteiger partial charge >= 0.3 is 0 Å². The van der Waals surface area contributed by atoms with Crippen molar-refractivity contribution in [1.82, 2.24) is 0 Å². The maximum atomic E-state index is 14.9. The molecule has 34 heavy (non-hydrogen) atoms. The number of ether oxygens (including phenoxy) is 2. The third kappa shape index (κ3) is 5.46. The average molecular weight is 467 g/mol. The molecule has 1 aliphatic rings. The Hall–Kier alpha value is -3.21. The average Bonchev–Trinajstić information content (AvgIpc) is 2.85. The fourth-order valence-electron chi connectivity index (χ4n) is 4.46. The molecule has 0 N–H and O–H groups in total. The molecular formula is C29H29F3O2. The van der Waals surface area contributed by atoms with E-state index < -0.39 is 17.5 Å². The number of halogens is 3. The summed E-state index contributed by atoms with van der Waals surface area (Å²) < 4.78 is 55.1. The lowest BCUT2D eigenvalue weighted by Gasteiger charge is -2.27. The highest BCUT2D eigenvalue weighted by Gasteiger charge is 2.25. The minimum atomic E-state index is -0.814. The Morgan fingerprint density at radius 2 is 1.56 bits per heavy atom. The maximum absolute atomic E-state index is 14.9. The Morgan fingerprint density at radius 1 is 0.853 bits per heavy atom. The topological polar surface area (TPSA) is 18.5 Å². The second kappa shape index (κ2) is 10.8. The summed E-state index contributed by atoms with van der Waals surface area (Å²) in [4.78, 5) is 0. The largest absolute Gasteiger partial charge is 0.489 e. The van der Waals surface area contributed by atoms with Gasteiger partial charge in [-0.2, -0.15) is 0 Å². The monoisotopic (exact) mass is 466 g/mol. The molecule has 1 saturated carbocycles.